The minimum absolute atomic E-state index is 0. The van der Waals surface area contributed by atoms with Crippen LogP contribution in [0.5, 0.6) is 0 Å². The van der Waals surface area contributed by atoms with Crippen LogP contribution in [-0.2, 0) is 27.8 Å². The normalized spacial score (nSPS) is 11.2. The second kappa shape index (κ2) is 11.4. The third-order valence-electron chi connectivity index (χ3n) is 6.45. The molecule has 0 fully saturated rings. The van der Waals surface area contributed by atoms with Crippen LogP contribution in [0.4, 0.5) is 0 Å². The number of rotatable bonds is 4. The van der Waals surface area contributed by atoms with Crippen molar-refractivity contribution in [1.29, 1.82) is 0 Å². The van der Waals surface area contributed by atoms with Crippen molar-refractivity contribution < 1.29 is 21.7 Å². The third-order valence-corrected chi connectivity index (χ3v) is 9.80. The van der Waals surface area contributed by atoms with E-state index in [-0.39, 0.29) is 36.6 Å². The molecule has 3 aromatic carbocycles. The molecule has 0 aliphatic rings. The maximum absolute atomic E-state index is 2.44. The monoisotopic (exact) mass is 451 g/mol. The Kier molecular flexibility index (Phi) is 10.9. The van der Waals surface area contributed by atoms with Gasteiger partial charge in [0.25, 0.3) is 0 Å². The Labute approximate surface area is 203 Å². The fourth-order valence-corrected chi connectivity index (χ4v) is 8.37. The Morgan fingerprint density at radius 1 is 0.733 bits per heavy atom. The summed E-state index contributed by atoms with van der Waals surface area (Å²) in [6.07, 6.45) is 0. The molecule has 1 atom stereocenters. The summed E-state index contributed by atoms with van der Waals surface area (Å²) < 4.78 is 0. The molecular weight excluding hydrogens is 412 g/mol. The Morgan fingerprint density at radius 2 is 1.30 bits per heavy atom. The molecule has 0 heterocycles. The first kappa shape index (κ1) is 28.7. The summed E-state index contributed by atoms with van der Waals surface area (Å²) in [5.74, 6) is 0. The van der Waals surface area contributed by atoms with E-state index < -0.39 is 8.80 Å². The summed E-state index contributed by atoms with van der Waals surface area (Å²) in [7, 11) is -1.36. The van der Waals surface area contributed by atoms with Crippen LogP contribution >= 0.6 is 0 Å². The van der Waals surface area contributed by atoms with Crippen LogP contribution in [0, 0.1) is 70.2 Å². The van der Waals surface area contributed by atoms with Crippen LogP contribution in [-0.4, -0.2) is 8.80 Å². The van der Waals surface area contributed by atoms with Crippen molar-refractivity contribution in [2.45, 2.75) is 61.4 Å². The van der Waals surface area contributed by atoms with Crippen molar-refractivity contribution >= 4 is 19.2 Å². The summed E-state index contributed by atoms with van der Waals surface area (Å²) in [6, 6.07) is 15.5. The maximum Gasteiger partial charge on any atom is 3.00 e. The van der Waals surface area contributed by atoms with Crippen molar-refractivity contribution in [1.82, 2.24) is 0 Å². The molecule has 0 aromatic heterocycles. The zero-order chi connectivity index (χ0) is 19.9. The zero-order valence-corrected chi connectivity index (χ0v) is 23.5. The van der Waals surface area contributed by atoms with E-state index in [0.717, 1.165) is 0 Å². The summed E-state index contributed by atoms with van der Waals surface area (Å²) >= 11 is 0. The van der Waals surface area contributed by atoms with Gasteiger partial charge in [-0.2, -0.15) is 27.8 Å². The van der Waals surface area contributed by atoms with Crippen molar-refractivity contribution in [3.05, 3.63) is 101 Å². The number of hydrogen-bond donors (Lipinski definition) is 0. The van der Waals surface area contributed by atoms with Crippen LogP contribution < -0.4 is 10.4 Å². The van der Waals surface area contributed by atoms with Crippen LogP contribution in [0.2, 0.25) is 0 Å². The van der Waals surface area contributed by atoms with E-state index in [1.807, 2.05) is 0 Å². The molecule has 1 unspecified atom stereocenters. The average molecular weight is 452 g/mol. The van der Waals surface area contributed by atoms with Crippen LogP contribution in [0.1, 0.15) is 50.1 Å². The molecule has 0 saturated heterocycles. The van der Waals surface area contributed by atoms with Gasteiger partial charge in [0, 0.05) is 0 Å². The average Bonchev–Trinajstić information content (AvgIpc) is 2.77. The summed E-state index contributed by atoms with van der Waals surface area (Å²) in [5, 5.41) is 3.18. The van der Waals surface area contributed by atoms with Gasteiger partial charge in [0.1, 0.15) is 8.80 Å². The molecule has 159 valence electrons. The zero-order valence-electron chi connectivity index (χ0n) is 20.7. The number of aryl methyl sites for hydroxylation is 4. The molecule has 2 heteroatoms. The molecule has 0 saturated carbocycles. The molecule has 1 radical (unpaired) electrons. The van der Waals surface area contributed by atoms with Crippen molar-refractivity contribution in [2.75, 3.05) is 0 Å². The van der Waals surface area contributed by atoms with Gasteiger partial charge in [-0.1, -0.05) is 96.7 Å². The summed E-state index contributed by atoms with van der Waals surface area (Å²) in [5.41, 5.74) is 13.2. The summed E-state index contributed by atoms with van der Waals surface area (Å²) in [4.78, 5) is 0. The van der Waals surface area contributed by atoms with Crippen LogP contribution in [0.15, 0.2) is 36.4 Å². The number of benzene rings is 2. The maximum atomic E-state index is 2.44. The van der Waals surface area contributed by atoms with Gasteiger partial charge in [0.2, 0.25) is 0 Å². The second-order valence-electron chi connectivity index (χ2n) is 8.52. The van der Waals surface area contributed by atoms with E-state index in [1.54, 1.807) is 15.9 Å². The van der Waals surface area contributed by atoms with E-state index in [9.17, 15) is 0 Å². The smallest absolute Gasteiger partial charge is 0.358 e. The molecule has 0 nitrogen and oxygen atoms in total. The van der Waals surface area contributed by atoms with Crippen molar-refractivity contribution in [3.63, 3.8) is 0 Å². The van der Waals surface area contributed by atoms with Crippen molar-refractivity contribution in [3.8, 4) is 0 Å². The largest absolute Gasteiger partial charge is 3.00 e. The SMILES string of the molecule is Cc1cc(C)cc([SiH](Cc2c(C)c(C)c(C)[c-]2C)c2ccc(C)cc2C)c1.[CH3-].[CH3-].[Ti+3]. The van der Waals surface area contributed by atoms with Gasteiger partial charge in [0.05, 0.1) is 0 Å². The van der Waals surface area contributed by atoms with Gasteiger partial charge >= 0.3 is 21.7 Å². The second-order valence-corrected chi connectivity index (χ2v) is 11.3. The van der Waals surface area contributed by atoms with E-state index in [2.05, 4.69) is 91.8 Å². The van der Waals surface area contributed by atoms with Gasteiger partial charge in [-0.25, -0.2) is 0 Å². The predicted octanol–water partition coefficient (Wildman–Crippen LogP) is 5.89. The predicted molar refractivity (Wildman–Crippen MR) is 136 cm³/mol. The fraction of sp³-hybridized carbons (Fsp3) is 0.321. The first-order chi connectivity index (χ1) is 12.7. The van der Waals surface area contributed by atoms with Gasteiger partial charge in [0.15, 0.2) is 0 Å². The molecule has 0 amide bonds. The molecule has 0 aliphatic carbocycles. The van der Waals surface area contributed by atoms with Gasteiger partial charge in [-0.3, -0.25) is 0 Å². The van der Waals surface area contributed by atoms with Crippen LogP contribution in [0.3, 0.4) is 0 Å². The third kappa shape index (κ3) is 5.69. The molecule has 0 bridgehead atoms. The van der Waals surface area contributed by atoms with Crippen molar-refractivity contribution in [2.24, 2.45) is 0 Å². The molecule has 0 N–H and O–H groups in total. The Hall–Kier alpha value is -1.28. The van der Waals surface area contributed by atoms with E-state index in [0.29, 0.717) is 0 Å². The minimum Gasteiger partial charge on any atom is -0.358 e. The van der Waals surface area contributed by atoms with E-state index in [1.165, 1.54) is 50.6 Å². The number of hydrogen-bond acceptors (Lipinski definition) is 0. The molecule has 0 spiro atoms. The standard InChI is InChI=1S/C26H33Si.2CH3.Ti/c1-16-9-10-26(19(4)12-16)27(24-13-17(2)11-18(3)14-24)15-25-22(7)20(5)21(6)23(25)8;;;/h9-14,27H,15H2,1-8H3;2*1H3;/q3*-1;+3. The van der Waals surface area contributed by atoms with Gasteiger partial charge < -0.3 is 14.9 Å². The first-order valence-electron chi connectivity index (χ1n) is 10.1. The van der Waals surface area contributed by atoms with Crippen LogP contribution in [0.25, 0.3) is 0 Å². The molecule has 3 aromatic rings. The molecule has 30 heavy (non-hydrogen) atoms. The van der Waals surface area contributed by atoms with E-state index >= 15 is 0 Å². The Bertz CT molecular complexity index is 949. The molecule has 3 rings (SSSR count). The first-order valence-corrected chi connectivity index (χ1v) is 12.0. The molecular formula is C28H39SiTi. The Morgan fingerprint density at radius 3 is 1.77 bits per heavy atom. The van der Waals surface area contributed by atoms with E-state index in [4.69, 9.17) is 0 Å². The summed E-state index contributed by atoms with van der Waals surface area (Å²) in [6.45, 7) is 18.2. The molecule has 0 aliphatic heterocycles. The Balaban J connectivity index is 0.00000280. The minimum atomic E-state index is -1.36. The quantitative estimate of drug-likeness (QED) is 0.343. The fourth-order valence-electron chi connectivity index (χ4n) is 4.64. The van der Waals surface area contributed by atoms with Gasteiger partial charge in [-0.05, 0) is 33.7 Å². The van der Waals surface area contributed by atoms with Gasteiger partial charge in [-0.15, -0.1) is 0 Å². The topological polar surface area (TPSA) is 0 Å².